The fourth-order valence-corrected chi connectivity index (χ4v) is 2.89. The lowest BCUT2D eigenvalue weighted by Crippen LogP contribution is -2.51. The highest BCUT2D eigenvalue weighted by Gasteiger charge is 2.40. The highest BCUT2D eigenvalue weighted by atomic mass is 19.1. The minimum Gasteiger partial charge on any atom is -0.378 e. The summed E-state index contributed by atoms with van der Waals surface area (Å²) in [5.74, 6) is -0.447. The van der Waals surface area contributed by atoms with Crippen LogP contribution in [0.15, 0.2) is 18.2 Å². The number of hydrogen-bond donors (Lipinski definition) is 0. The zero-order valence-electron chi connectivity index (χ0n) is 11.3. The standard InChI is InChI=1S/C15H17FN2O2/c16-14-7-12(1-2-13(14)8-17)9-18-4-6-20-15(10-18)3-5-19-11-15/h1-2,7H,3-6,9-11H2. The van der Waals surface area contributed by atoms with Crippen LogP contribution >= 0.6 is 0 Å². The first-order chi connectivity index (χ1) is 9.71. The van der Waals surface area contributed by atoms with Crippen molar-refractivity contribution >= 4 is 0 Å². The second-order valence-electron chi connectivity index (χ2n) is 5.47. The van der Waals surface area contributed by atoms with Crippen LogP contribution in [0, 0.1) is 17.1 Å². The molecule has 0 radical (unpaired) electrons. The van der Waals surface area contributed by atoms with E-state index in [9.17, 15) is 4.39 Å². The lowest BCUT2D eigenvalue weighted by atomic mass is 10.0. The van der Waals surface area contributed by atoms with Gasteiger partial charge in [0.1, 0.15) is 17.5 Å². The molecular formula is C15H17FN2O2. The van der Waals surface area contributed by atoms with Gasteiger partial charge in [-0.3, -0.25) is 4.90 Å². The summed E-state index contributed by atoms with van der Waals surface area (Å²) < 4.78 is 24.9. The Hall–Kier alpha value is -1.48. The topological polar surface area (TPSA) is 45.5 Å². The summed E-state index contributed by atoms with van der Waals surface area (Å²) in [5, 5.41) is 8.74. The van der Waals surface area contributed by atoms with Crippen LogP contribution in [0.25, 0.3) is 0 Å². The SMILES string of the molecule is N#Cc1ccc(CN2CCOC3(CCOC3)C2)cc1F. The maximum absolute atomic E-state index is 13.6. The second kappa shape index (κ2) is 5.49. The maximum atomic E-state index is 13.6. The third kappa shape index (κ3) is 2.68. The van der Waals surface area contributed by atoms with E-state index in [-0.39, 0.29) is 11.2 Å². The first-order valence-corrected chi connectivity index (χ1v) is 6.83. The lowest BCUT2D eigenvalue weighted by Gasteiger charge is -2.39. The van der Waals surface area contributed by atoms with Crippen molar-refractivity contribution in [3.63, 3.8) is 0 Å². The van der Waals surface area contributed by atoms with Gasteiger partial charge in [-0.2, -0.15) is 5.26 Å². The van der Waals surface area contributed by atoms with Gasteiger partial charge >= 0.3 is 0 Å². The Morgan fingerprint density at radius 2 is 2.30 bits per heavy atom. The second-order valence-corrected chi connectivity index (χ2v) is 5.47. The van der Waals surface area contributed by atoms with Crippen LogP contribution in [0.2, 0.25) is 0 Å². The van der Waals surface area contributed by atoms with Gasteiger partial charge in [0.15, 0.2) is 0 Å². The van der Waals surface area contributed by atoms with E-state index < -0.39 is 5.82 Å². The van der Waals surface area contributed by atoms with E-state index in [1.807, 2.05) is 12.1 Å². The predicted octanol–water partition coefficient (Wildman–Crippen LogP) is 1.69. The molecule has 0 amide bonds. The Bertz CT molecular complexity index is 535. The Kier molecular flexibility index (Phi) is 3.70. The molecule has 20 heavy (non-hydrogen) atoms. The number of nitrogens with zero attached hydrogens (tertiary/aromatic N) is 2. The molecular weight excluding hydrogens is 259 g/mol. The number of halogens is 1. The number of morpholine rings is 1. The zero-order valence-corrected chi connectivity index (χ0v) is 11.3. The summed E-state index contributed by atoms with van der Waals surface area (Å²) >= 11 is 0. The van der Waals surface area contributed by atoms with E-state index in [1.165, 1.54) is 6.07 Å². The van der Waals surface area contributed by atoms with Crippen molar-refractivity contribution in [1.82, 2.24) is 4.90 Å². The fourth-order valence-electron chi connectivity index (χ4n) is 2.89. The Labute approximate surface area is 117 Å². The molecule has 0 saturated carbocycles. The molecule has 1 aromatic rings. The van der Waals surface area contributed by atoms with Gasteiger partial charge in [-0.15, -0.1) is 0 Å². The van der Waals surface area contributed by atoms with Gasteiger partial charge < -0.3 is 9.47 Å². The van der Waals surface area contributed by atoms with Crippen molar-refractivity contribution in [3.8, 4) is 6.07 Å². The van der Waals surface area contributed by atoms with Crippen molar-refractivity contribution in [1.29, 1.82) is 5.26 Å². The van der Waals surface area contributed by atoms with Crippen LogP contribution in [0.4, 0.5) is 4.39 Å². The molecule has 5 heteroatoms. The molecule has 2 aliphatic heterocycles. The lowest BCUT2D eigenvalue weighted by molar-refractivity contribution is -0.111. The normalized spacial score (nSPS) is 26.8. The van der Waals surface area contributed by atoms with Gasteiger partial charge in [0, 0.05) is 32.7 Å². The molecule has 2 saturated heterocycles. The fraction of sp³-hybridized carbons (Fsp3) is 0.533. The molecule has 0 aliphatic carbocycles. The summed E-state index contributed by atoms with van der Waals surface area (Å²) in [7, 11) is 0. The first kappa shape index (κ1) is 13.5. The molecule has 2 fully saturated rings. The maximum Gasteiger partial charge on any atom is 0.141 e. The number of benzene rings is 1. The van der Waals surface area contributed by atoms with Crippen molar-refractivity contribution in [3.05, 3.63) is 35.1 Å². The van der Waals surface area contributed by atoms with E-state index in [0.717, 1.165) is 31.7 Å². The molecule has 1 atom stereocenters. The minimum absolute atomic E-state index is 0.0939. The molecule has 1 aromatic carbocycles. The third-order valence-electron chi connectivity index (χ3n) is 3.95. The molecule has 0 bridgehead atoms. The van der Waals surface area contributed by atoms with Crippen molar-refractivity contribution in [2.24, 2.45) is 0 Å². The average Bonchev–Trinajstić information content (AvgIpc) is 2.87. The molecule has 1 spiro atoms. The van der Waals surface area contributed by atoms with E-state index in [2.05, 4.69) is 4.90 Å². The van der Waals surface area contributed by atoms with Crippen LogP contribution in [0.3, 0.4) is 0 Å². The summed E-state index contributed by atoms with van der Waals surface area (Å²) in [6, 6.07) is 6.65. The van der Waals surface area contributed by atoms with Crippen LogP contribution in [-0.2, 0) is 16.0 Å². The molecule has 106 valence electrons. The molecule has 3 rings (SSSR count). The van der Waals surface area contributed by atoms with Gasteiger partial charge in [-0.1, -0.05) is 6.07 Å². The summed E-state index contributed by atoms with van der Waals surface area (Å²) in [6.45, 7) is 4.40. The van der Waals surface area contributed by atoms with Gasteiger partial charge in [-0.25, -0.2) is 4.39 Å². The van der Waals surface area contributed by atoms with Crippen molar-refractivity contribution < 1.29 is 13.9 Å². The molecule has 4 nitrogen and oxygen atoms in total. The number of nitriles is 1. The highest BCUT2D eigenvalue weighted by molar-refractivity contribution is 5.33. The molecule has 1 unspecified atom stereocenters. The van der Waals surface area contributed by atoms with Gasteiger partial charge in [0.05, 0.1) is 18.8 Å². The largest absolute Gasteiger partial charge is 0.378 e. The predicted molar refractivity (Wildman–Crippen MR) is 70.5 cm³/mol. The Morgan fingerprint density at radius 1 is 1.40 bits per heavy atom. The van der Waals surface area contributed by atoms with Gasteiger partial charge in [0.2, 0.25) is 0 Å². The summed E-state index contributed by atoms with van der Waals surface area (Å²) in [4.78, 5) is 2.26. The van der Waals surface area contributed by atoms with Crippen molar-refractivity contribution in [2.75, 3.05) is 32.9 Å². The van der Waals surface area contributed by atoms with E-state index in [4.69, 9.17) is 14.7 Å². The summed E-state index contributed by atoms with van der Waals surface area (Å²) in [5.41, 5.74) is 0.803. The van der Waals surface area contributed by atoms with Crippen molar-refractivity contribution in [2.45, 2.75) is 18.6 Å². The minimum atomic E-state index is -0.447. The van der Waals surface area contributed by atoms with Gasteiger partial charge in [-0.05, 0) is 17.7 Å². The smallest absolute Gasteiger partial charge is 0.141 e. The zero-order chi connectivity index (χ0) is 14.0. The summed E-state index contributed by atoms with van der Waals surface area (Å²) in [6.07, 6.45) is 0.922. The first-order valence-electron chi connectivity index (χ1n) is 6.83. The van der Waals surface area contributed by atoms with E-state index in [1.54, 1.807) is 6.07 Å². The quantitative estimate of drug-likeness (QED) is 0.824. The van der Waals surface area contributed by atoms with Gasteiger partial charge in [0.25, 0.3) is 0 Å². The third-order valence-corrected chi connectivity index (χ3v) is 3.95. The van der Waals surface area contributed by atoms with Crippen LogP contribution in [0.5, 0.6) is 0 Å². The molecule has 2 aliphatic rings. The molecule has 2 heterocycles. The number of hydrogen-bond acceptors (Lipinski definition) is 4. The Morgan fingerprint density at radius 3 is 3.00 bits per heavy atom. The monoisotopic (exact) mass is 276 g/mol. The van der Waals surface area contributed by atoms with E-state index in [0.29, 0.717) is 19.8 Å². The highest BCUT2D eigenvalue weighted by Crippen LogP contribution is 2.28. The van der Waals surface area contributed by atoms with E-state index >= 15 is 0 Å². The average molecular weight is 276 g/mol. The van der Waals surface area contributed by atoms with Crippen LogP contribution < -0.4 is 0 Å². The molecule has 0 N–H and O–H groups in total. The number of ether oxygens (including phenoxy) is 2. The van der Waals surface area contributed by atoms with Crippen LogP contribution in [-0.4, -0.2) is 43.4 Å². The Balaban J connectivity index is 1.68. The molecule has 0 aromatic heterocycles. The van der Waals surface area contributed by atoms with Crippen LogP contribution in [0.1, 0.15) is 17.5 Å². The number of rotatable bonds is 2.